The van der Waals surface area contributed by atoms with Gasteiger partial charge in [0.15, 0.2) is 5.82 Å². The molecule has 5 heteroatoms. The first-order valence-electron chi connectivity index (χ1n) is 7.31. The van der Waals surface area contributed by atoms with E-state index in [4.69, 9.17) is 0 Å². The standard InChI is InChI=1S/C15H22FN3O/c1-11(2)3-4-14-13(16)9-17-15(18-14)19-7-5-12(10-20)6-8-19/h9-12H,3-8H2,1-2H3. The number of piperidine rings is 1. The van der Waals surface area contributed by atoms with Crippen LogP contribution in [0.25, 0.3) is 0 Å². The molecule has 1 fully saturated rings. The Labute approximate surface area is 119 Å². The van der Waals surface area contributed by atoms with Crippen LogP contribution in [0.3, 0.4) is 0 Å². The summed E-state index contributed by atoms with van der Waals surface area (Å²) in [5.74, 6) is 0.940. The third kappa shape index (κ3) is 3.74. The van der Waals surface area contributed by atoms with E-state index in [1.54, 1.807) is 0 Å². The first-order chi connectivity index (χ1) is 9.60. The van der Waals surface area contributed by atoms with Crippen molar-refractivity contribution in [2.24, 2.45) is 11.8 Å². The highest BCUT2D eigenvalue weighted by Crippen LogP contribution is 2.20. The van der Waals surface area contributed by atoms with Crippen molar-refractivity contribution in [2.75, 3.05) is 18.0 Å². The van der Waals surface area contributed by atoms with Crippen molar-refractivity contribution in [2.45, 2.75) is 39.5 Å². The molecule has 0 radical (unpaired) electrons. The first kappa shape index (κ1) is 14.9. The fraction of sp³-hybridized carbons (Fsp3) is 0.667. The number of aromatic nitrogens is 2. The zero-order chi connectivity index (χ0) is 14.5. The molecule has 0 atom stereocenters. The molecule has 110 valence electrons. The summed E-state index contributed by atoms with van der Waals surface area (Å²) in [7, 11) is 0. The number of aryl methyl sites for hydroxylation is 1. The van der Waals surface area contributed by atoms with Gasteiger partial charge in [0.1, 0.15) is 6.29 Å². The molecule has 0 aliphatic carbocycles. The van der Waals surface area contributed by atoms with Gasteiger partial charge in [0.25, 0.3) is 0 Å². The predicted octanol–water partition coefficient (Wildman–Crippen LogP) is 2.62. The Bertz CT molecular complexity index is 456. The van der Waals surface area contributed by atoms with Crippen LogP contribution in [0.2, 0.25) is 0 Å². The lowest BCUT2D eigenvalue weighted by molar-refractivity contribution is -0.111. The summed E-state index contributed by atoms with van der Waals surface area (Å²) in [6.45, 7) is 5.76. The first-order valence-corrected chi connectivity index (χ1v) is 7.31. The summed E-state index contributed by atoms with van der Waals surface area (Å²) in [5.41, 5.74) is 0.501. The topological polar surface area (TPSA) is 46.1 Å². The highest BCUT2D eigenvalue weighted by Gasteiger charge is 2.21. The minimum Gasteiger partial charge on any atom is -0.341 e. The molecule has 0 N–H and O–H groups in total. The smallest absolute Gasteiger partial charge is 0.225 e. The molecule has 0 amide bonds. The quantitative estimate of drug-likeness (QED) is 0.777. The van der Waals surface area contributed by atoms with Crippen LogP contribution in [-0.2, 0) is 11.2 Å². The molecule has 2 rings (SSSR count). The van der Waals surface area contributed by atoms with Gasteiger partial charge < -0.3 is 9.69 Å². The molecule has 1 aromatic heterocycles. The highest BCUT2D eigenvalue weighted by atomic mass is 19.1. The van der Waals surface area contributed by atoms with Crippen LogP contribution in [0.1, 0.15) is 38.8 Å². The molecular weight excluding hydrogens is 257 g/mol. The second-order valence-electron chi connectivity index (χ2n) is 5.86. The fourth-order valence-electron chi connectivity index (χ4n) is 2.38. The molecule has 0 unspecified atom stereocenters. The monoisotopic (exact) mass is 279 g/mol. The second kappa shape index (κ2) is 6.77. The Kier molecular flexibility index (Phi) is 5.04. The van der Waals surface area contributed by atoms with Gasteiger partial charge in [0.2, 0.25) is 5.95 Å². The van der Waals surface area contributed by atoms with E-state index in [-0.39, 0.29) is 11.7 Å². The average molecular weight is 279 g/mol. The number of anilines is 1. The third-order valence-corrected chi connectivity index (χ3v) is 3.78. The van der Waals surface area contributed by atoms with Crippen molar-refractivity contribution in [3.63, 3.8) is 0 Å². The zero-order valence-corrected chi connectivity index (χ0v) is 12.2. The van der Waals surface area contributed by atoms with Gasteiger partial charge in [-0.3, -0.25) is 0 Å². The van der Waals surface area contributed by atoms with Crippen molar-refractivity contribution in [3.05, 3.63) is 17.7 Å². The van der Waals surface area contributed by atoms with E-state index in [0.717, 1.165) is 38.6 Å². The minimum atomic E-state index is -0.322. The van der Waals surface area contributed by atoms with Crippen molar-refractivity contribution in [3.8, 4) is 0 Å². The van der Waals surface area contributed by atoms with Gasteiger partial charge in [-0.15, -0.1) is 0 Å². The number of halogens is 1. The number of rotatable bonds is 5. The number of nitrogens with zero attached hydrogens (tertiary/aromatic N) is 3. The van der Waals surface area contributed by atoms with E-state index in [2.05, 4.69) is 23.8 Å². The third-order valence-electron chi connectivity index (χ3n) is 3.78. The molecule has 1 aromatic rings. The van der Waals surface area contributed by atoms with E-state index in [9.17, 15) is 9.18 Å². The zero-order valence-electron chi connectivity index (χ0n) is 12.2. The SMILES string of the molecule is CC(C)CCc1nc(N2CCC(C=O)CC2)ncc1F. The molecule has 0 aromatic carbocycles. The normalized spacial score (nSPS) is 16.7. The Morgan fingerprint density at radius 2 is 2.15 bits per heavy atom. The number of hydrogen-bond acceptors (Lipinski definition) is 4. The Morgan fingerprint density at radius 1 is 1.45 bits per heavy atom. The van der Waals surface area contributed by atoms with Gasteiger partial charge >= 0.3 is 0 Å². The molecule has 1 aliphatic rings. The minimum absolute atomic E-state index is 0.145. The average Bonchev–Trinajstić information content (AvgIpc) is 2.46. The molecule has 0 spiro atoms. The lowest BCUT2D eigenvalue weighted by atomic mass is 9.99. The summed E-state index contributed by atoms with van der Waals surface area (Å²) in [4.78, 5) is 21.3. The molecule has 2 heterocycles. The molecule has 0 saturated carbocycles. The van der Waals surface area contributed by atoms with Crippen LogP contribution < -0.4 is 4.90 Å². The number of aldehydes is 1. The lowest BCUT2D eigenvalue weighted by Gasteiger charge is -2.29. The van der Waals surface area contributed by atoms with Gasteiger partial charge in [0.05, 0.1) is 11.9 Å². The highest BCUT2D eigenvalue weighted by molar-refractivity contribution is 5.54. The van der Waals surface area contributed by atoms with Crippen molar-refractivity contribution < 1.29 is 9.18 Å². The Hall–Kier alpha value is -1.52. The van der Waals surface area contributed by atoms with Gasteiger partial charge in [-0.05, 0) is 31.6 Å². The van der Waals surface area contributed by atoms with Crippen LogP contribution in [0.15, 0.2) is 6.20 Å². The van der Waals surface area contributed by atoms with Crippen molar-refractivity contribution in [1.29, 1.82) is 0 Å². The van der Waals surface area contributed by atoms with Gasteiger partial charge in [-0.1, -0.05) is 13.8 Å². The van der Waals surface area contributed by atoms with Crippen LogP contribution in [-0.4, -0.2) is 29.3 Å². The lowest BCUT2D eigenvalue weighted by Crippen LogP contribution is -2.35. The number of carbonyl (C=O) groups is 1. The van der Waals surface area contributed by atoms with Gasteiger partial charge in [0, 0.05) is 19.0 Å². The van der Waals surface area contributed by atoms with Crippen LogP contribution in [0, 0.1) is 17.7 Å². The molecule has 0 bridgehead atoms. The summed E-state index contributed by atoms with van der Waals surface area (Å²) in [6, 6.07) is 0. The maximum Gasteiger partial charge on any atom is 0.225 e. The van der Waals surface area contributed by atoms with E-state index < -0.39 is 0 Å². The van der Waals surface area contributed by atoms with E-state index in [1.165, 1.54) is 6.20 Å². The van der Waals surface area contributed by atoms with E-state index in [1.807, 2.05) is 4.90 Å². The maximum atomic E-state index is 13.7. The Balaban J connectivity index is 2.05. The summed E-state index contributed by atoms with van der Waals surface area (Å²) < 4.78 is 13.7. The number of hydrogen-bond donors (Lipinski definition) is 0. The fourth-order valence-corrected chi connectivity index (χ4v) is 2.38. The molecular formula is C15H22FN3O. The van der Waals surface area contributed by atoms with E-state index in [0.29, 0.717) is 24.0 Å². The second-order valence-corrected chi connectivity index (χ2v) is 5.86. The maximum absolute atomic E-state index is 13.7. The van der Waals surface area contributed by atoms with Gasteiger partial charge in [-0.25, -0.2) is 14.4 Å². The van der Waals surface area contributed by atoms with Crippen LogP contribution >= 0.6 is 0 Å². The molecule has 20 heavy (non-hydrogen) atoms. The summed E-state index contributed by atoms with van der Waals surface area (Å²) >= 11 is 0. The molecule has 4 nitrogen and oxygen atoms in total. The largest absolute Gasteiger partial charge is 0.341 e. The van der Waals surface area contributed by atoms with Crippen molar-refractivity contribution >= 4 is 12.2 Å². The van der Waals surface area contributed by atoms with Crippen molar-refractivity contribution in [1.82, 2.24) is 9.97 Å². The summed E-state index contributed by atoms with van der Waals surface area (Å²) in [5, 5.41) is 0. The van der Waals surface area contributed by atoms with E-state index >= 15 is 0 Å². The molecule has 1 saturated heterocycles. The van der Waals surface area contributed by atoms with Gasteiger partial charge in [-0.2, -0.15) is 0 Å². The summed E-state index contributed by atoms with van der Waals surface area (Å²) in [6.07, 6.45) is 5.50. The molecule has 1 aliphatic heterocycles. The Morgan fingerprint density at radius 3 is 2.75 bits per heavy atom. The number of carbonyl (C=O) groups excluding carboxylic acids is 1. The van der Waals surface area contributed by atoms with Crippen LogP contribution in [0.5, 0.6) is 0 Å². The predicted molar refractivity (Wildman–Crippen MR) is 76.2 cm³/mol. The van der Waals surface area contributed by atoms with Crippen LogP contribution in [0.4, 0.5) is 10.3 Å².